The number of para-hydroxylation sites is 1. The van der Waals surface area contributed by atoms with E-state index in [0.717, 1.165) is 28.0 Å². The number of methoxy groups -OCH3 is 1. The van der Waals surface area contributed by atoms with Crippen molar-refractivity contribution in [1.82, 2.24) is 4.98 Å². The summed E-state index contributed by atoms with van der Waals surface area (Å²) in [7, 11) is 1.62. The number of fused-ring (bicyclic) bond motifs is 1. The zero-order valence-corrected chi connectivity index (χ0v) is 11.5. The van der Waals surface area contributed by atoms with Crippen molar-refractivity contribution in [1.29, 1.82) is 5.26 Å². The quantitative estimate of drug-likeness (QED) is 0.788. The molecule has 0 atom stereocenters. The van der Waals surface area contributed by atoms with E-state index < -0.39 is 0 Å². The SMILES string of the molecule is COc1ccc2ncc(C#N)c(Nc3ccccc3)c2c1. The summed E-state index contributed by atoms with van der Waals surface area (Å²) in [5.41, 5.74) is 2.98. The molecule has 0 aliphatic heterocycles. The van der Waals surface area contributed by atoms with E-state index in [2.05, 4.69) is 16.4 Å². The third kappa shape index (κ3) is 2.49. The van der Waals surface area contributed by atoms with E-state index in [0.29, 0.717) is 5.56 Å². The number of pyridine rings is 1. The van der Waals surface area contributed by atoms with Crippen LogP contribution in [0, 0.1) is 11.3 Å². The molecule has 0 aliphatic rings. The Hall–Kier alpha value is -3.06. The Morgan fingerprint density at radius 1 is 1.14 bits per heavy atom. The van der Waals surface area contributed by atoms with E-state index in [1.54, 1.807) is 13.3 Å². The Morgan fingerprint density at radius 3 is 2.67 bits per heavy atom. The third-order valence-electron chi connectivity index (χ3n) is 3.24. The predicted octanol–water partition coefficient (Wildman–Crippen LogP) is 3.86. The molecule has 0 fully saturated rings. The first-order chi connectivity index (χ1) is 10.3. The van der Waals surface area contributed by atoms with Gasteiger partial charge in [-0.25, -0.2) is 0 Å². The average Bonchev–Trinajstić information content (AvgIpc) is 2.55. The van der Waals surface area contributed by atoms with Gasteiger partial charge in [0.25, 0.3) is 0 Å². The molecule has 0 radical (unpaired) electrons. The smallest absolute Gasteiger partial charge is 0.119 e. The second-order valence-electron chi connectivity index (χ2n) is 4.53. The van der Waals surface area contributed by atoms with Crippen molar-refractivity contribution < 1.29 is 4.74 Å². The van der Waals surface area contributed by atoms with Gasteiger partial charge in [-0.15, -0.1) is 0 Å². The first-order valence-corrected chi connectivity index (χ1v) is 6.51. The number of nitrogens with zero attached hydrogens (tertiary/aromatic N) is 2. The number of hydrogen-bond acceptors (Lipinski definition) is 4. The van der Waals surface area contributed by atoms with E-state index in [1.807, 2.05) is 48.5 Å². The molecule has 0 aliphatic carbocycles. The van der Waals surface area contributed by atoms with Gasteiger partial charge in [-0.2, -0.15) is 5.26 Å². The van der Waals surface area contributed by atoms with Crippen LogP contribution in [0.5, 0.6) is 5.75 Å². The third-order valence-corrected chi connectivity index (χ3v) is 3.24. The van der Waals surface area contributed by atoms with Crippen LogP contribution in [0.3, 0.4) is 0 Å². The number of aromatic nitrogens is 1. The number of hydrogen-bond donors (Lipinski definition) is 1. The molecule has 21 heavy (non-hydrogen) atoms. The molecule has 0 saturated heterocycles. The topological polar surface area (TPSA) is 57.9 Å². The van der Waals surface area contributed by atoms with Gasteiger partial charge < -0.3 is 10.1 Å². The van der Waals surface area contributed by atoms with Gasteiger partial charge in [-0.05, 0) is 30.3 Å². The van der Waals surface area contributed by atoms with E-state index in [9.17, 15) is 5.26 Å². The Labute approximate surface area is 122 Å². The summed E-state index contributed by atoms with van der Waals surface area (Å²) in [5, 5.41) is 13.5. The zero-order chi connectivity index (χ0) is 14.7. The van der Waals surface area contributed by atoms with Crippen LogP contribution in [0.4, 0.5) is 11.4 Å². The fourth-order valence-electron chi connectivity index (χ4n) is 2.18. The Bertz CT molecular complexity index is 823. The molecular formula is C17H13N3O. The minimum atomic E-state index is 0.500. The lowest BCUT2D eigenvalue weighted by Gasteiger charge is -2.12. The van der Waals surface area contributed by atoms with Gasteiger partial charge in [0.1, 0.15) is 11.8 Å². The van der Waals surface area contributed by atoms with Crippen LogP contribution in [0.2, 0.25) is 0 Å². The molecule has 4 heteroatoms. The lowest BCUT2D eigenvalue weighted by atomic mass is 10.1. The van der Waals surface area contributed by atoms with Gasteiger partial charge >= 0.3 is 0 Å². The van der Waals surface area contributed by atoms with Crippen molar-refractivity contribution in [3.8, 4) is 11.8 Å². The molecule has 0 unspecified atom stereocenters. The van der Waals surface area contributed by atoms with Crippen molar-refractivity contribution in [3.05, 3.63) is 60.3 Å². The van der Waals surface area contributed by atoms with Crippen molar-refractivity contribution in [2.45, 2.75) is 0 Å². The van der Waals surface area contributed by atoms with Crippen LogP contribution in [0.1, 0.15) is 5.56 Å². The summed E-state index contributed by atoms with van der Waals surface area (Å²) < 4.78 is 5.26. The number of nitriles is 1. The van der Waals surface area contributed by atoms with E-state index in [4.69, 9.17) is 4.74 Å². The van der Waals surface area contributed by atoms with Gasteiger partial charge in [0.2, 0.25) is 0 Å². The maximum Gasteiger partial charge on any atom is 0.119 e. The number of nitrogens with one attached hydrogen (secondary N) is 1. The van der Waals surface area contributed by atoms with Gasteiger partial charge in [-0.3, -0.25) is 4.98 Å². The molecule has 4 nitrogen and oxygen atoms in total. The summed E-state index contributed by atoms with van der Waals surface area (Å²) in [4.78, 5) is 4.31. The molecule has 102 valence electrons. The van der Waals surface area contributed by atoms with E-state index in [-0.39, 0.29) is 0 Å². The maximum atomic E-state index is 9.32. The number of anilines is 2. The molecule has 2 aromatic carbocycles. The second kappa shape index (κ2) is 5.51. The lowest BCUT2D eigenvalue weighted by Crippen LogP contribution is -1.97. The number of benzene rings is 2. The molecule has 0 saturated carbocycles. The molecule has 1 aromatic heterocycles. The fraction of sp³-hybridized carbons (Fsp3) is 0.0588. The average molecular weight is 275 g/mol. The molecule has 0 spiro atoms. The standard InChI is InChI=1S/C17H13N3O/c1-21-14-7-8-16-15(9-14)17(12(10-18)11-19-16)20-13-5-3-2-4-6-13/h2-9,11H,1H3,(H,19,20). The largest absolute Gasteiger partial charge is 0.497 e. The Morgan fingerprint density at radius 2 is 1.95 bits per heavy atom. The first-order valence-electron chi connectivity index (χ1n) is 6.51. The minimum absolute atomic E-state index is 0.500. The van der Waals surface area contributed by atoms with Crippen LogP contribution in [0.25, 0.3) is 10.9 Å². The normalized spacial score (nSPS) is 10.1. The second-order valence-corrected chi connectivity index (χ2v) is 4.53. The summed E-state index contributed by atoms with van der Waals surface area (Å²) in [5.74, 6) is 0.732. The summed E-state index contributed by atoms with van der Waals surface area (Å²) in [6.45, 7) is 0. The first kappa shape index (κ1) is 12.9. The van der Waals surface area contributed by atoms with Crippen molar-refractivity contribution >= 4 is 22.3 Å². The molecule has 3 rings (SSSR count). The van der Waals surface area contributed by atoms with Crippen LogP contribution in [0.15, 0.2) is 54.7 Å². The van der Waals surface area contributed by atoms with Gasteiger partial charge in [0, 0.05) is 17.3 Å². The Kier molecular flexibility index (Phi) is 3.40. The number of ether oxygens (including phenoxy) is 1. The highest BCUT2D eigenvalue weighted by Crippen LogP contribution is 2.31. The van der Waals surface area contributed by atoms with E-state index in [1.165, 1.54) is 0 Å². The highest BCUT2D eigenvalue weighted by atomic mass is 16.5. The monoisotopic (exact) mass is 275 g/mol. The lowest BCUT2D eigenvalue weighted by molar-refractivity contribution is 0.415. The molecule has 3 aromatic rings. The van der Waals surface area contributed by atoms with Crippen molar-refractivity contribution in [3.63, 3.8) is 0 Å². The van der Waals surface area contributed by atoms with Gasteiger partial charge in [-0.1, -0.05) is 18.2 Å². The van der Waals surface area contributed by atoms with E-state index >= 15 is 0 Å². The maximum absolute atomic E-state index is 9.32. The fourth-order valence-corrected chi connectivity index (χ4v) is 2.18. The predicted molar refractivity (Wildman–Crippen MR) is 82.7 cm³/mol. The molecule has 1 heterocycles. The minimum Gasteiger partial charge on any atom is -0.497 e. The molecule has 1 N–H and O–H groups in total. The van der Waals surface area contributed by atoms with Crippen LogP contribution in [-0.4, -0.2) is 12.1 Å². The Balaban J connectivity index is 2.20. The highest BCUT2D eigenvalue weighted by molar-refractivity contribution is 5.96. The van der Waals surface area contributed by atoms with Crippen LogP contribution in [-0.2, 0) is 0 Å². The molecule has 0 amide bonds. The molecule has 0 bridgehead atoms. The number of rotatable bonds is 3. The van der Waals surface area contributed by atoms with Crippen LogP contribution < -0.4 is 10.1 Å². The highest BCUT2D eigenvalue weighted by Gasteiger charge is 2.10. The van der Waals surface area contributed by atoms with Gasteiger partial charge in [0.15, 0.2) is 0 Å². The van der Waals surface area contributed by atoms with Crippen LogP contribution >= 0.6 is 0 Å². The van der Waals surface area contributed by atoms with Gasteiger partial charge in [0.05, 0.1) is 23.9 Å². The molecular weight excluding hydrogens is 262 g/mol. The summed E-state index contributed by atoms with van der Waals surface area (Å²) >= 11 is 0. The summed E-state index contributed by atoms with van der Waals surface area (Å²) in [6.07, 6.45) is 1.58. The van der Waals surface area contributed by atoms with Crippen molar-refractivity contribution in [2.75, 3.05) is 12.4 Å². The van der Waals surface area contributed by atoms with Crippen molar-refractivity contribution in [2.24, 2.45) is 0 Å². The summed E-state index contributed by atoms with van der Waals surface area (Å²) in [6, 6.07) is 17.5. The zero-order valence-electron chi connectivity index (χ0n) is 11.5.